The third-order valence-corrected chi connectivity index (χ3v) is 5.15. The zero-order valence-electron chi connectivity index (χ0n) is 16.2. The number of nitrogens with zero attached hydrogens (tertiary/aromatic N) is 1. The molecule has 3 rings (SSSR count). The van der Waals surface area contributed by atoms with Crippen LogP contribution in [0.25, 0.3) is 17.8 Å². The fourth-order valence-corrected chi connectivity index (χ4v) is 3.42. The van der Waals surface area contributed by atoms with Crippen molar-refractivity contribution >= 4 is 25.7 Å². The maximum absolute atomic E-state index is 11.9. The van der Waals surface area contributed by atoms with E-state index in [4.69, 9.17) is 12.3 Å². The number of phenolic OH excluding ortho intramolecular Hbond substituents is 1. The van der Waals surface area contributed by atoms with Gasteiger partial charge in [0.2, 0.25) is 0 Å². The normalized spacial score (nSPS) is 14.3. The minimum absolute atomic E-state index is 0.0773. The third-order valence-electron chi connectivity index (χ3n) is 5.15. The maximum Gasteiger partial charge on any atom is 0.343 e. The van der Waals surface area contributed by atoms with Gasteiger partial charge in [-0.2, -0.15) is 0 Å². The summed E-state index contributed by atoms with van der Waals surface area (Å²) in [5.74, 6) is 0.818. The number of likely N-dealkylation sites (N-methyl/N-ethyl adjacent to an activating group) is 1. The van der Waals surface area contributed by atoms with Gasteiger partial charge in [0.1, 0.15) is 19.4 Å². The Balaban J connectivity index is 1.95. The number of benzene rings is 1. The smallest absolute Gasteiger partial charge is 0.343 e. The van der Waals surface area contributed by atoms with E-state index in [9.17, 15) is 9.90 Å². The summed E-state index contributed by atoms with van der Waals surface area (Å²) in [5.41, 5.74) is 4.93. The molecule has 1 unspecified atom stereocenters. The molecular weight excluding hydrogens is 337 g/mol. The lowest BCUT2D eigenvalue weighted by atomic mass is 9.85. The molecule has 0 amide bonds. The second kappa shape index (κ2) is 7.14. The Morgan fingerprint density at radius 1 is 1.30 bits per heavy atom. The quantitative estimate of drug-likeness (QED) is 0.706. The molecule has 2 aromatic rings. The Labute approximate surface area is 161 Å². The van der Waals surface area contributed by atoms with Crippen LogP contribution in [0.3, 0.4) is 0 Å². The number of hydrogen-bond acceptors (Lipinski definition) is 4. The molecule has 27 heavy (non-hydrogen) atoms. The molecule has 0 fully saturated rings. The Bertz CT molecular complexity index is 1010. The van der Waals surface area contributed by atoms with Crippen LogP contribution < -0.4 is 5.63 Å². The molecule has 3 radical (unpaired) electrons. The van der Waals surface area contributed by atoms with Gasteiger partial charge >= 0.3 is 5.63 Å². The van der Waals surface area contributed by atoms with Crippen LogP contribution in [-0.4, -0.2) is 30.9 Å². The first kappa shape index (κ1) is 19.1. The van der Waals surface area contributed by atoms with E-state index in [0.717, 1.165) is 34.4 Å². The van der Waals surface area contributed by atoms with E-state index in [1.165, 1.54) is 0 Å². The van der Waals surface area contributed by atoms with Crippen molar-refractivity contribution < 1.29 is 9.52 Å². The van der Waals surface area contributed by atoms with Crippen LogP contribution in [0.2, 0.25) is 0 Å². The topological polar surface area (TPSA) is 53.7 Å². The van der Waals surface area contributed by atoms with E-state index in [0.29, 0.717) is 22.5 Å². The van der Waals surface area contributed by atoms with Crippen molar-refractivity contribution in [3.05, 3.63) is 74.6 Å². The van der Waals surface area contributed by atoms with Crippen molar-refractivity contribution in [3.8, 4) is 5.75 Å². The predicted octanol–water partition coefficient (Wildman–Crippen LogP) is 3.68. The van der Waals surface area contributed by atoms with Crippen LogP contribution in [0, 0.1) is 20.8 Å². The fourth-order valence-electron chi connectivity index (χ4n) is 3.42. The SMILES string of the molecule is [B]/C([CH2])=C(\c1c(C)oc(=O)c2c1C=C2)N(C)C(C)Cc1ccc(C)c(O)c1. The molecule has 0 saturated heterocycles. The lowest BCUT2D eigenvalue weighted by Gasteiger charge is -2.33. The van der Waals surface area contributed by atoms with E-state index in [1.54, 1.807) is 19.1 Å². The molecular formula is C22H23BNO3. The summed E-state index contributed by atoms with van der Waals surface area (Å²) in [7, 11) is 8.09. The first-order valence-corrected chi connectivity index (χ1v) is 8.90. The number of hydrogen-bond donors (Lipinski definition) is 1. The van der Waals surface area contributed by atoms with Gasteiger partial charge in [-0.05, 0) is 57.4 Å². The first-order valence-electron chi connectivity index (χ1n) is 8.90. The number of rotatable bonds is 5. The molecule has 1 aromatic heterocycles. The molecule has 1 aliphatic carbocycles. The highest BCUT2D eigenvalue weighted by Gasteiger charge is 2.26. The van der Waals surface area contributed by atoms with E-state index in [1.807, 2.05) is 37.1 Å². The standard InChI is InChI=1S/C22H23BNO3/c1-12-6-7-16(11-19(12)25)10-13(2)24(5)21(14(3)23)20-15(4)27-22(26)18-9-8-17(18)20/h6-9,11,13,25H,3,10H2,1-2,4-5H3/b21-14+. The first-order chi connectivity index (χ1) is 12.7. The van der Waals surface area contributed by atoms with Crippen LogP contribution in [0.1, 0.15) is 40.5 Å². The van der Waals surface area contributed by atoms with Crippen LogP contribution in [0.15, 0.2) is 32.9 Å². The van der Waals surface area contributed by atoms with Crippen LogP contribution in [0.4, 0.5) is 0 Å². The molecule has 4 nitrogen and oxygen atoms in total. The Kier molecular flexibility index (Phi) is 5.05. The van der Waals surface area contributed by atoms with Gasteiger partial charge in [-0.3, -0.25) is 0 Å². The van der Waals surface area contributed by atoms with Crippen molar-refractivity contribution in [2.75, 3.05) is 7.05 Å². The van der Waals surface area contributed by atoms with E-state index in [2.05, 4.69) is 13.8 Å². The minimum Gasteiger partial charge on any atom is -0.508 e. The number of aryl methyl sites for hydroxylation is 2. The molecule has 0 spiro atoms. The van der Waals surface area contributed by atoms with Crippen LogP contribution >= 0.6 is 0 Å². The molecule has 1 aliphatic rings. The molecule has 5 heteroatoms. The molecule has 1 atom stereocenters. The highest BCUT2D eigenvalue weighted by molar-refractivity contribution is 6.26. The van der Waals surface area contributed by atoms with E-state index in [-0.39, 0.29) is 11.7 Å². The van der Waals surface area contributed by atoms with Gasteiger partial charge in [-0.15, -0.1) is 0 Å². The lowest BCUT2D eigenvalue weighted by Crippen LogP contribution is -2.31. The van der Waals surface area contributed by atoms with Crippen molar-refractivity contribution in [2.45, 2.75) is 33.2 Å². The zero-order chi connectivity index (χ0) is 19.9. The number of fused-ring (bicyclic) bond motifs is 1. The van der Waals surface area contributed by atoms with E-state index < -0.39 is 0 Å². The van der Waals surface area contributed by atoms with Crippen molar-refractivity contribution in [2.24, 2.45) is 0 Å². The summed E-state index contributed by atoms with van der Waals surface area (Å²) in [6.45, 7) is 9.66. The predicted molar refractivity (Wildman–Crippen MR) is 110 cm³/mol. The summed E-state index contributed by atoms with van der Waals surface area (Å²) >= 11 is 0. The summed E-state index contributed by atoms with van der Waals surface area (Å²) in [5, 5.41) is 9.96. The maximum atomic E-state index is 11.9. The monoisotopic (exact) mass is 360 g/mol. The minimum atomic E-state index is -0.332. The van der Waals surface area contributed by atoms with Gasteiger partial charge in [-0.1, -0.05) is 23.7 Å². The van der Waals surface area contributed by atoms with Crippen molar-refractivity contribution in [3.63, 3.8) is 0 Å². The molecule has 0 aliphatic heterocycles. The highest BCUT2D eigenvalue weighted by atomic mass is 16.4. The van der Waals surface area contributed by atoms with Crippen LogP contribution in [-0.2, 0) is 6.42 Å². The van der Waals surface area contributed by atoms with Gasteiger partial charge in [0.05, 0.1) is 5.56 Å². The average molecular weight is 360 g/mol. The highest BCUT2D eigenvalue weighted by Crippen LogP contribution is 2.35. The summed E-state index contributed by atoms with van der Waals surface area (Å²) in [6, 6.07) is 5.79. The van der Waals surface area contributed by atoms with E-state index >= 15 is 0 Å². The van der Waals surface area contributed by atoms with Crippen molar-refractivity contribution in [1.82, 2.24) is 4.90 Å². The van der Waals surface area contributed by atoms with Gasteiger partial charge < -0.3 is 14.4 Å². The summed E-state index contributed by atoms with van der Waals surface area (Å²) < 4.78 is 5.40. The number of phenols is 1. The molecule has 0 bridgehead atoms. The molecule has 1 heterocycles. The lowest BCUT2D eigenvalue weighted by molar-refractivity contribution is 0.364. The van der Waals surface area contributed by atoms with Crippen LogP contribution in [0.5, 0.6) is 5.75 Å². The van der Waals surface area contributed by atoms with Gasteiger partial charge in [0, 0.05) is 29.9 Å². The largest absolute Gasteiger partial charge is 0.508 e. The average Bonchev–Trinajstić information content (AvgIpc) is 2.54. The van der Waals surface area contributed by atoms with Crippen molar-refractivity contribution in [1.29, 1.82) is 0 Å². The second-order valence-corrected chi connectivity index (χ2v) is 7.14. The summed E-state index contributed by atoms with van der Waals surface area (Å²) in [6.07, 6.45) is 4.36. The molecule has 1 aromatic carbocycles. The zero-order valence-corrected chi connectivity index (χ0v) is 16.2. The third kappa shape index (κ3) is 3.46. The van der Waals surface area contributed by atoms with Gasteiger partial charge in [0.15, 0.2) is 0 Å². The Morgan fingerprint density at radius 2 is 1.96 bits per heavy atom. The molecule has 0 saturated carbocycles. The molecule has 137 valence electrons. The second-order valence-electron chi connectivity index (χ2n) is 7.14. The summed E-state index contributed by atoms with van der Waals surface area (Å²) in [4.78, 5) is 14.0. The molecule has 1 N–H and O–H groups in total. The Morgan fingerprint density at radius 3 is 2.52 bits per heavy atom. The van der Waals surface area contributed by atoms with Gasteiger partial charge in [0.25, 0.3) is 0 Å². The number of aromatic hydroxyl groups is 1. The Hall–Kier alpha value is -2.69. The van der Waals surface area contributed by atoms with Gasteiger partial charge in [-0.25, -0.2) is 4.79 Å². The fraction of sp³-hybridized carbons (Fsp3) is 0.273. The number of allylic oxidation sites excluding steroid dienone is 1.